The molecule has 0 unspecified atom stereocenters. The van der Waals surface area contributed by atoms with Crippen molar-refractivity contribution in [2.45, 2.75) is 9.79 Å². The summed E-state index contributed by atoms with van der Waals surface area (Å²) in [6, 6.07) is 36.0. The minimum absolute atomic E-state index is 0. The number of thiol groups is 2. The Morgan fingerprint density at radius 2 is 0.724 bits per heavy atom. The molecule has 0 aliphatic heterocycles. The Morgan fingerprint density at radius 1 is 0.414 bits per heavy atom. The topological polar surface area (TPSA) is 24.1 Å². The minimum Gasteiger partial charge on any atom is -0.355 e. The van der Waals surface area contributed by atoms with Gasteiger partial charge in [-0.2, -0.15) is 0 Å². The van der Waals surface area contributed by atoms with Crippen molar-refractivity contribution in [3.8, 4) is 0 Å². The molecule has 0 fully saturated rings. The number of hydrogen-bond acceptors (Lipinski definition) is 4. The first kappa shape index (κ1) is 23.0. The standard InChI is InChI=1S/2C12H11NS.Ni/c2*14-12-9-5-4-8-11(12)13-10-6-2-1-3-7-10;/h2*1-9,13-14H;. The largest absolute Gasteiger partial charge is 0.355 e. The van der Waals surface area contributed by atoms with E-state index < -0.39 is 0 Å². The van der Waals surface area contributed by atoms with E-state index in [1.807, 2.05) is 109 Å². The summed E-state index contributed by atoms with van der Waals surface area (Å²) in [5, 5.41) is 6.59. The molecule has 2 nitrogen and oxygen atoms in total. The van der Waals surface area contributed by atoms with Gasteiger partial charge in [-0.15, -0.1) is 25.3 Å². The molecule has 5 heteroatoms. The van der Waals surface area contributed by atoms with Crippen LogP contribution in [0.1, 0.15) is 0 Å². The van der Waals surface area contributed by atoms with Crippen molar-refractivity contribution in [2.24, 2.45) is 0 Å². The van der Waals surface area contributed by atoms with Crippen LogP contribution in [0.4, 0.5) is 22.7 Å². The Morgan fingerprint density at radius 3 is 1.07 bits per heavy atom. The number of hydrogen-bond donors (Lipinski definition) is 4. The Balaban J connectivity index is 0.000000200. The molecule has 0 saturated carbocycles. The molecule has 0 amide bonds. The van der Waals surface area contributed by atoms with Gasteiger partial charge in [-0.1, -0.05) is 60.7 Å². The fourth-order valence-corrected chi connectivity index (χ4v) is 2.95. The summed E-state index contributed by atoms with van der Waals surface area (Å²) in [6.45, 7) is 0. The van der Waals surface area contributed by atoms with E-state index in [1.165, 1.54) is 0 Å². The molecule has 2 N–H and O–H groups in total. The molecule has 0 atom stereocenters. The number of rotatable bonds is 4. The van der Waals surface area contributed by atoms with Gasteiger partial charge in [0.2, 0.25) is 0 Å². The first-order valence-electron chi connectivity index (χ1n) is 8.92. The van der Waals surface area contributed by atoms with E-state index in [-0.39, 0.29) is 16.5 Å². The second-order valence-electron chi connectivity index (χ2n) is 6.02. The van der Waals surface area contributed by atoms with Crippen molar-refractivity contribution in [1.29, 1.82) is 0 Å². The second kappa shape index (κ2) is 12.3. The smallest absolute Gasteiger partial charge is 0.0519 e. The van der Waals surface area contributed by atoms with Gasteiger partial charge in [-0.25, -0.2) is 0 Å². The molecule has 0 radical (unpaired) electrons. The Bertz CT molecular complexity index is 913. The third-order valence-electron chi connectivity index (χ3n) is 3.91. The first-order valence-corrected chi connectivity index (χ1v) is 9.82. The maximum atomic E-state index is 4.37. The summed E-state index contributed by atoms with van der Waals surface area (Å²) in [7, 11) is 0. The maximum Gasteiger partial charge on any atom is 0.0519 e. The summed E-state index contributed by atoms with van der Waals surface area (Å²) >= 11 is 8.73. The Kier molecular flexibility index (Phi) is 9.72. The van der Waals surface area contributed by atoms with E-state index in [4.69, 9.17) is 0 Å². The van der Waals surface area contributed by atoms with Gasteiger partial charge in [-0.05, 0) is 48.5 Å². The molecule has 29 heavy (non-hydrogen) atoms. The van der Waals surface area contributed by atoms with Crippen LogP contribution in [0.5, 0.6) is 0 Å². The molecular formula is C24H22N2NiS2. The van der Waals surface area contributed by atoms with Crippen LogP contribution in [0.25, 0.3) is 0 Å². The molecule has 4 aromatic rings. The molecule has 0 spiro atoms. The van der Waals surface area contributed by atoms with Gasteiger partial charge in [0.1, 0.15) is 0 Å². The van der Waals surface area contributed by atoms with E-state index in [9.17, 15) is 0 Å². The van der Waals surface area contributed by atoms with E-state index in [1.54, 1.807) is 0 Å². The van der Waals surface area contributed by atoms with Crippen LogP contribution in [-0.2, 0) is 16.5 Å². The number of benzene rings is 4. The van der Waals surface area contributed by atoms with Crippen molar-refractivity contribution in [1.82, 2.24) is 0 Å². The first-order chi connectivity index (χ1) is 13.7. The molecule has 4 aromatic carbocycles. The molecule has 0 aliphatic rings. The van der Waals surface area contributed by atoms with Crippen LogP contribution in [0.15, 0.2) is 119 Å². The Hall–Kier alpha value is -2.33. The summed E-state index contributed by atoms with van der Waals surface area (Å²) in [6.07, 6.45) is 0. The van der Waals surface area contributed by atoms with Crippen molar-refractivity contribution in [2.75, 3.05) is 10.6 Å². The molecule has 0 bridgehead atoms. The summed E-state index contributed by atoms with van der Waals surface area (Å²) < 4.78 is 0. The second-order valence-corrected chi connectivity index (χ2v) is 6.98. The van der Waals surface area contributed by atoms with Gasteiger partial charge in [0.05, 0.1) is 11.4 Å². The summed E-state index contributed by atoms with van der Waals surface area (Å²) in [5.74, 6) is 0. The molecule has 0 aliphatic carbocycles. The minimum atomic E-state index is 0. The van der Waals surface area contributed by atoms with Crippen molar-refractivity contribution in [3.63, 3.8) is 0 Å². The zero-order valence-electron chi connectivity index (χ0n) is 15.6. The predicted octanol–water partition coefficient (Wildman–Crippen LogP) is 7.44. The van der Waals surface area contributed by atoms with Gasteiger partial charge in [0.15, 0.2) is 0 Å². The van der Waals surface area contributed by atoms with Gasteiger partial charge < -0.3 is 10.6 Å². The summed E-state index contributed by atoms with van der Waals surface area (Å²) in [4.78, 5) is 1.91. The Labute approximate surface area is 193 Å². The van der Waals surface area contributed by atoms with Crippen LogP contribution < -0.4 is 10.6 Å². The zero-order valence-corrected chi connectivity index (χ0v) is 18.4. The van der Waals surface area contributed by atoms with Crippen LogP contribution in [0, 0.1) is 0 Å². The summed E-state index contributed by atoms with van der Waals surface area (Å²) in [5.41, 5.74) is 4.21. The number of para-hydroxylation sites is 4. The molecule has 150 valence electrons. The van der Waals surface area contributed by atoms with Crippen molar-refractivity contribution >= 4 is 48.0 Å². The monoisotopic (exact) mass is 460 g/mol. The molecule has 0 aromatic heterocycles. The number of nitrogens with one attached hydrogen (secondary N) is 2. The molecule has 0 saturated heterocycles. The van der Waals surface area contributed by atoms with Crippen LogP contribution >= 0.6 is 25.3 Å². The molecular weight excluding hydrogens is 439 g/mol. The zero-order chi connectivity index (χ0) is 19.6. The van der Waals surface area contributed by atoms with Crippen molar-refractivity contribution in [3.05, 3.63) is 109 Å². The molecule has 4 rings (SSSR count). The van der Waals surface area contributed by atoms with Gasteiger partial charge >= 0.3 is 0 Å². The van der Waals surface area contributed by atoms with E-state index in [0.29, 0.717) is 0 Å². The van der Waals surface area contributed by atoms with E-state index in [0.717, 1.165) is 32.5 Å². The SMILES string of the molecule is Sc1ccccc1Nc1ccccc1.Sc1ccccc1Nc1ccccc1.[Ni]. The fourth-order valence-electron chi connectivity index (χ4n) is 2.51. The molecule has 0 heterocycles. The van der Waals surface area contributed by atoms with Gasteiger partial charge in [-0.3, -0.25) is 0 Å². The van der Waals surface area contributed by atoms with Gasteiger partial charge in [0.25, 0.3) is 0 Å². The van der Waals surface area contributed by atoms with Gasteiger partial charge in [0, 0.05) is 37.7 Å². The van der Waals surface area contributed by atoms with Crippen molar-refractivity contribution < 1.29 is 16.5 Å². The van der Waals surface area contributed by atoms with Crippen LogP contribution in [0.3, 0.4) is 0 Å². The average Bonchev–Trinajstić information content (AvgIpc) is 2.74. The quantitative estimate of drug-likeness (QED) is 0.188. The number of anilines is 4. The average molecular weight is 461 g/mol. The maximum absolute atomic E-state index is 4.37. The predicted molar refractivity (Wildman–Crippen MR) is 127 cm³/mol. The third-order valence-corrected chi connectivity index (χ3v) is 4.69. The van der Waals surface area contributed by atoms with E-state index in [2.05, 4.69) is 35.9 Å². The van der Waals surface area contributed by atoms with Crippen LogP contribution in [-0.4, -0.2) is 0 Å². The van der Waals surface area contributed by atoms with Crippen LogP contribution in [0.2, 0.25) is 0 Å². The normalized spacial score (nSPS) is 9.45. The third kappa shape index (κ3) is 7.54. The fraction of sp³-hybridized carbons (Fsp3) is 0. The van der Waals surface area contributed by atoms with E-state index >= 15 is 0 Å².